The third kappa shape index (κ3) is 3.70. The van der Waals surface area contributed by atoms with E-state index in [0.717, 1.165) is 23.6 Å². The molecule has 2 unspecified atom stereocenters. The number of aliphatic imine (C=N–C) groups is 1. The van der Waals surface area contributed by atoms with Crippen LogP contribution in [0.3, 0.4) is 0 Å². The Kier molecular flexibility index (Phi) is 5.59. The second kappa shape index (κ2) is 8.31. The minimum absolute atomic E-state index is 0.0216. The first-order valence-corrected chi connectivity index (χ1v) is 10.7. The minimum Gasteiger partial charge on any atom is -0.478 e. The largest absolute Gasteiger partial charge is 0.478 e. The van der Waals surface area contributed by atoms with E-state index >= 15 is 0 Å². The third-order valence-electron chi connectivity index (χ3n) is 5.41. The Hall–Kier alpha value is -3.13. The van der Waals surface area contributed by atoms with E-state index in [9.17, 15) is 20.0 Å². The zero-order valence-electron chi connectivity index (χ0n) is 16.4. The molecule has 0 spiro atoms. The molecule has 0 bridgehead atoms. The van der Waals surface area contributed by atoms with Crippen LogP contribution in [-0.4, -0.2) is 37.9 Å². The molecule has 0 radical (unpaired) electrons. The molecule has 0 saturated carbocycles. The van der Waals surface area contributed by atoms with Crippen molar-refractivity contribution in [3.63, 3.8) is 0 Å². The van der Waals surface area contributed by atoms with E-state index in [0.29, 0.717) is 23.1 Å². The Balaban J connectivity index is 1.89. The topological polar surface area (TPSA) is 96.0 Å². The minimum atomic E-state index is -1.04. The molecule has 0 aliphatic carbocycles. The van der Waals surface area contributed by atoms with Gasteiger partial charge in [-0.25, -0.2) is 9.79 Å². The number of fused-ring (bicyclic) bond motifs is 1. The van der Waals surface area contributed by atoms with Crippen LogP contribution in [-0.2, 0) is 4.79 Å². The van der Waals surface area contributed by atoms with Gasteiger partial charge in [0.2, 0.25) is 0 Å². The van der Waals surface area contributed by atoms with Crippen LogP contribution in [0.25, 0.3) is 5.70 Å². The van der Waals surface area contributed by atoms with Gasteiger partial charge in [0.25, 0.3) is 5.69 Å². The molecular formula is C22H21N3O4S. The summed E-state index contributed by atoms with van der Waals surface area (Å²) in [7, 11) is 0. The Morgan fingerprint density at radius 3 is 2.53 bits per heavy atom. The Bertz CT molecular complexity index is 1030. The molecule has 0 amide bonds. The first-order valence-electron chi connectivity index (χ1n) is 9.78. The van der Waals surface area contributed by atoms with E-state index in [1.807, 2.05) is 35.2 Å². The quantitative estimate of drug-likeness (QED) is 0.552. The van der Waals surface area contributed by atoms with Crippen LogP contribution in [0.2, 0.25) is 0 Å². The average molecular weight is 423 g/mol. The van der Waals surface area contributed by atoms with E-state index in [1.165, 1.54) is 12.1 Å². The summed E-state index contributed by atoms with van der Waals surface area (Å²) >= 11 is 1.67. The first kappa shape index (κ1) is 20.2. The number of rotatable bonds is 5. The van der Waals surface area contributed by atoms with E-state index < -0.39 is 16.9 Å². The summed E-state index contributed by atoms with van der Waals surface area (Å²) in [5, 5.41) is 22.5. The number of thioether (sulfide) groups is 1. The Morgan fingerprint density at radius 1 is 1.23 bits per heavy atom. The lowest BCUT2D eigenvalue weighted by Gasteiger charge is -2.42. The number of nitrogens with zero attached hydrogens (tertiary/aromatic N) is 3. The number of benzene rings is 2. The predicted molar refractivity (Wildman–Crippen MR) is 117 cm³/mol. The highest BCUT2D eigenvalue weighted by Gasteiger charge is 2.40. The second-order valence-corrected chi connectivity index (χ2v) is 8.48. The molecule has 8 heteroatoms. The molecule has 0 aromatic heterocycles. The summed E-state index contributed by atoms with van der Waals surface area (Å²) in [6.45, 7) is 2.83. The maximum atomic E-state index is 12.4. The van der Waals surface area contributed by atoms with E-state index in [1.54, 1.807) is 23.9 Å². The molecule has 2 aromatic rings. The van der Waals surface area contributed by atoms with Gasteiger partial charge in [-0.2, -0.15) is 0 Å². The highest BCUT2D eigenvalue weighted by molar-refractivity contribution is 8.14. The molecule has 2 atom stereocenters. The number of amidine groups is 1. The smallest absolute Gasteiger partial charge is 0.336 e. The summed E-state index contributed by atoms with van der Waals surface area (Å²) in [5.74, 6) is -1.04. The lowest BCUT2D eigenvalue weighted by molar-refractivity contribution is -0.384. The summed E-state index contributed by atoms with van der Waals surface area (Å²) in [4.78, 5) is 29.8. The number of hydrogen-bond acceptors (Lipinski definition) is 6. The van der Waals surface area contributed by atoms with Crippen molar-refractivity contribution in [2.75, 3.05) is 6.54 Å². The van der Waals surface area contributed by atoms with E-state index in [4.69, 9.17) is 4.99 Å². The van der Waals surface area contributed by atoms with Gasteiger partial charge in [0.15, 0.2) is 5.17 Å². The van der Waals surface area contributed by atoms with Gasteiger partial charge in [-0.3, -0.25) is 10.1 Å². The molecule has 2 heterocycles. The number of carboxylic acids is 1. The molecular weight excluding hydrogens is 402 g/mol. The maximum Gasteiger partial charge on any atom is 0.336 e. The molecule has 1 fully saturated rings. The van der Waals surface area contributed by atoms with Gasteiger partial charge in [0, 0.05) is 29.5 Å². The normalized spacial score (nSPS) is 21.1. The fourth-order valence-electron chi connectivity index (χ4n) is 3.87. The van der Waals surface area contributed by atoms with Crippen LogP contribution in [0, 0.1) is 10.1 Å². The molecule has 2 aromatic carbocycles. The summed E-state index contributed by atoms with van der Waals surface area (Å²) in [6, 6.07) is 14.9. The van der Waals surface area contributed by atoms with Crippen molar-refractivity contribution >= 4 is 34.3 Å². The maximum absolute atomic E-state index is 12.4. The van der Waals surface area contributed by atoms with Crippen LogP contribution < -0.4 is 0 Å². The van der Waals surface area contributed by atoms with Crippen molar-refractivity contribution in [3.8, 4) is 0 Å². The van der Waals surface area contributed by atoms with Gasteiger partial charge in [0.1, 0.15) is 0 Å². The van der Waals surface area contributed by atoms with Crippen LogP contribution in [0.1, 0.15) is 36.9 Å². The molecule has 1 saturated heterocycles. The van der Waals surface area contributed by atoms with Crippen molar-refractivity contribution in [1.29, 1.82) is 0 Å². The van der Waals surface area contributed by atoms with Gasteiger partial charge < -0.3 is 10.0 Å². The Labute approximate surface area is 178 Å². The molecule has 7 nitrogen and oxygen atoms in total. The average Bonchev–Trinajstić information content (AvgIpc) is 2.77. The fourth-order valence-corrected chi connectivity index (χ4v) is 5.04. The lowest BCUT2D eigenvalue weighted by atomic mass is 9.91. The third-order valence-corrected chi connectivity index (χ3v) is 6.85. The lowest BCUT2D eigenvalue weighted by Crippen LogP contribution is -2.43. The first-order chi connectivity index (χ1) is 14.5. The van der Waals surface area contributed by atoms with E-state index in [2.05, 4.69) is 6.92 Å². The second-order valence-electron chi connectivity index (χ2n) is 7.21. The number of nitro benzene ring substituents is 1. The molecule has 2 aliphatic rings. The molecule has 2 aliphatic heterocycles. The SMILES string of the molecule is CCC1CCN2C(=NC(c3ccccc3)=C(C(=O)O)C2c2ccc([N+](=O)[O-])cc2)S1. The summed E-state index contributed by atoms with van der Waals surface area (Å²) in [6.07, 6.45) is 1.94. The van der Waals surface area contributed by atoms with Gasteiger partial charge >= 0.3 is 5.97 Å². The predicted octanol–water partition coefficient (Wildman–Crippen LogP) is 4.72. The van der Waals surface area contributed by atoms with Crippen LogP contribution in [0.5, 0.6) is 0 Å². The molecule has 30 heavy (non-hydrogen) atoms. The zero-order valence-corrected chi connectivity index (χ0v) is 17.2. The number of hydrogen-bond donors (Lipinski definition) is 1. The van der Waals surface area contributed by atoms with Gasteiger partial charge in [0.05, 0.1) is 22.2 Å². The van der Waals surface area contributed by atoms with Crippen LogP contribution in [0.4, 0.5) is 5.69 Å². The number of non-ortho nitro benzene ring substituents is 1. The van der Waals surface area contributed by atoms with E-state index in [-0.39, 0.29) is 11.3 Å². The van der Waals surface area contributed by atoms with Crippen molar-refractivity contribution in [2.45, 2.75) is 31.1 Å². The highest BCUT2D eigenvalue weighted by Crippen LogP contribution is 2.44. The number of carboxylic acid groups (broad SMARTS) is 1. The highest BCUT2D eigenvalue weighted by atomic mass is 32.2. The van der Waals surface area contributed by atoms with Crippen LogP contribution >= 0.6 is 11.8 Å². The Morgan fingerprint density at radius 2 is 1.93 bits per heavy atom. The number of carbonyl (C=O) groups is 1. The van der Waals surface area contributed by atoms with Crippen molar-refractivity contribution in [3.05, 3.63) is 81.4 Å². The molecule has 154 valence electrons. The van der Waals surface area contributed by atoms with Crippen LogP contribution in [0.15, 0.2) is 65.2 Å². The van der Waals surface area contributed by atoms with Crippen molar-refractivity contribution in [2.24, 2.45) is 4.99 Å². The fraction of sp³-hybridized carbons (Fsp3) is 0.273. The monoisotopic (exact) mass is 423 g/mol. The zero-order chi connectivity index (χ0) is 21.3. The van der Waals surface area contributed by atoms with Gasteiger partial charge in [-0.05, 0) is 30.5 Å². The van der Waals surface area contributed by atoms with Crippen molar-refractivity contribution in [1.82, 2.24) is 4.90 Å². The molecule has 4 rings (SSSR count). The number of aliphatic carboxylic acids is 1. The molecule has 1 N–H and O–H groups in total. The summed E-state index contributed by atoms with van der Waals surface area (Å²) in [5.41, 5.74) is 2.06. The standard InChI is InChI=1S/C22H21N3O4S/c1-2-17-12-13-24-20(15-8-10-16(11-9-15)25(28)29)18(21(26)27)19(23-22(24)30-17)14-6-4-3-5-7-14/h3-11,17,20H,2,12-13H2,1H3,(H,26,27). The van der Waals surface area contributed by atoms with Gasteiger partial charge in [-0.1, -0.05) is 49.0 Å². The summed E-state index contributed by atoms with van der Waals surface area (Å²) < 4.78 is 0. The number of nitro groups is 1. The van der Waals surface area contributed by atoms with Gasteiger partial charge in [-0.15, -0.1) is 0 Å². The van der Waals surface area contributed by atoms with Crippen molar-refractivity contribution < 1.29 is 14.8 Å².